The third-order valence-corrected chi connectivity index (χ3v) is 3.27. The average Bonchev–Trinajstić information content (AvgIpc) is 2.57. The highest BCUT2D eigenvalue weighted by Crippen LogP contribution is 2.30. The van der Waals surface area contributed by atoms with Crippen LogP contribution in [-0.4, -0.2) is 72.9 Å². The first kappa shape index (κ1) is 19.7. The molecule has 0 heterocycles. The van der Waals surface area contributed by atoms with Gasteiger partial charge in [-0.05, 0) is 6.07 Å². The number of hydrogen-bond donors (Lipinski definition) is 6. The summed E-state index contributed by atoms with van der Waals surface area (Å²) in [7, 11) is 0. The summed E-state index contributed by atoms with van der Waals surface area (Å²) in [6.45, 7) is -1.64. The van der Waals surface area contributed by atoms with Gasteiger partial charge in [-0.3, -0.25) is 20.2 Å². The number of rotatable bonds is 9. The van der Waals surface area contributed by atoms with E-state index in [0.29, 0.717) is 6.07 Å². The van der Waals surface area contributed by atoms with E-state index in [2.05, 4.69) is 5.32 Å². The summed E-state index contributed by atoms with van der Waals surface area (Å²) in [5.74, 6) is 0. The SMILES string of the molecule is O=[N+]([O-])c1ccc(N[C@@H](CO)[C@@H](O)[C@H](O)[C@H](O)CO)c([N+](=O)[O-])c1. The molecule has 4 atom stereocenters. The predicted octanol–water partition coefficient (Wildman–Crippen LogP) is -1.65. The Bertz CT molecular complexity index is 597. The maximum atomic E-state index is 11.0. The van der Waals surface area contributed by atoms with E-state index < -0.39 is 58.8 Å². The van der Waals surface area contributed by atoms with Crippen LogP contribution in [0.4, 0.5) is 17.1 Å². The van der Waals surface area contributed by atoms with E-state index in [9.17, 15) is 40.7 Å². The Morgan fingerprint density at radius 1 is 1.00 bits per heavy atom. The molecule has 6 N–H and O–H groups in total. The van der Waals surface area contributed by atoms with E-state index in [1.807, 2.05) is 0 Å². The number of non-ortho nitro benzene ring substituents is 1. The lowest BCUT2D eigenvalue weighted by Gasteiger charge is -2.28. The van der Waals surface area contributed by atoms with Gasteiger partial charge in [-0.15, -0.1) is 0 Å². The first-order valence-corrected chi connectivity index (χ1v) is 6.68. The Morgan fingerprint density at radius 3 is 2.08 bits per heavy atom. The molecule has 0 aliphatic carbocycles. The van der Waals surface area contributed by atoms with Crippen molar-refractivity contribution in [3.63, 3.8) is 0 Å². The molecule has 0 fully saturated rings. The van der Waals surface area contributed by atoms with Crippen molar-refractivity contribution in [1.82, 2.24) is 0 Å². The van der Waals surface area contributed by atoms with Crippen LogP contribution >= 0.6 is 0 Å². The third kappa shape index (κ3) is 4.56. The summed E-state index contributed by atoms with van der Waals surface area (Å²) >= 11 is 0. The normalized spacial score (nSPS) is 16.0. The Balaban J connectivity index is 3.08. The van der Waals surface area contributed by atoms with Crippen molar-refractivity contribution in [2.75, 3.05) is 18.5 Å². The lowest BCUT2D eigenvalue weighted by Crippen LogP contribution is -2.50. The van der Waals surface area contributed by atoms with Crippen molar-refractivity contribution < 1.29 is 35.4 Å². The van der Waals surface area contributed by atoms with Crippen LogP contribution in [-0.2, 0) is 0 Å². The Kier molecular flexibility index (Phi) is 6.94. The van der Waals surface area contributed by atoms with Gasteiger partial charge >= 0.3 is 0 Å². The largest absolute Gasteiger partial charge is 0.394 e. The topological polar surface area (TPSA) is 199 Å². The van der Waals surface area contributed by atoms with Crippen LogP contribution < -0.4 is 5.32 Å². The molecule has 0 aliphatic heterocycles. The molecule has 1 aromatic carbocycles. The number of hydrogen-bond acceptors (Lipinski definition) is 10. The van der Waals surface area contributed by atoms with Crippen LogP contribution in [0.25, 0.3) is 0 Å². The zero-order chi connectivity index (χ0) is 18.4. The molecular formula is C12H17N3O9. The molecule has 0 unspecified atom stereocenters. The van der Waals surface area contributed by atoms with Crippen LogP contribution in [0, 0.1) is 20.2 Å². The van der Waals surface area contributed by atoms with Gasteiger partial charge in [0.15, 0.2) is 0 Å². The van der Waals surface area contributed by atoms with Crippen LogP contribution in [0.2, 0.25) is 0 Å². The fourth-order valence-electron chi connectivity index (χ4n) is 1.92. The van der Waals surface area contributed by atoms with Crippen molar-refractivity contribution in [3.05, 3.63) is 38.4 Å². The minimum absolute atomic E-state index is 0.241. The van der Waals surface area contributed by atoms with Crippen LogP contribution in [0.5, 0.6) is 0 Å². The lowest BCUT2D eigenvalue weighted by molar-refractivity contribution is -0.393. The molecule has 134 valence electrons. The summed E-state index contributed by atoms with van der Waals surface area (Å²) in [6, 6.07) is 1.35. The minimum atomic E-state index is -1.84. The standard InChI is InChI=1S/C12H17N3O9/c16-4-8(11(19)12(20)10(18)5-17)13-7-2-1-6(14(21)22)3-9(7)15(23)24/h1-3,8,10-13,16-20H,4-5H2/t8-,10+,11+,12+/m0/s1. The zero-order valence-corrected chi connectivity index (χ0v) is 12.2. The molecule has 1 rings (SSSR count). The highest BCUT2D eigenvalue weighted by Gasteiger charge is 2.32. The molecule has 1 aromatic rings. The van der Waals surface area contributed by atoms with E-state index >= 15 is 0 Å². The highest BCUT2D eigenvalue weighted by molar-refractivity contribution is 5.65. The third-order valence-electron chi connectivity index (χ3n) is 3.27. The molecule has 0 spiro atoms. The average molecular weight is 347 g/mol. The summed E-state index contributed by atoms with van der Waals surface area (Å²) in [4.78, 5) is 20.0. The molecule has 0 saturated carbocycles. The van der Waals surface area contributed by atoms with Crippen molar-refractivity contribution in [2.45, 2.75) is 24.4 Å². The smallest absolute Gasteiger partial charge is 0.299 e. The van der Waals surface area contributed by atoms with Crippen molar-refractivity contribution in [3.8, 4) is 0 Å². The number of nitro groups is 2. The van der Waals surface area contributed by atoms with Gasteiger partial charge in [-0.1, -0.05) is 0 Å². The Labute approximate surface area is 134 Å². The van der Waals surface area contributed by atoms with Crippen molar-refractivity contribution in [2.24, 2.45) is 0 Å². The molecule has 0 radical (unpaired) electrons. The number of nitrogens with one attached hydrogen (secondary N) is 1. The van der Waals surface area contributed by atoms with Gasteiger partial charge in [0.05, 0.1) is 35.2 Å². The van der Waals surface area contributed by atoms with Gasteiger partial charge in [0.1, 0.15) is 24.0 Å². The van der Waals surface area contributed by atoms with Crippen molar-refractivity contribution >= 4 is 17.1 Å². The number of nitrogens with zero attached hydrogens (tertiary/aromatic N) is 2. The summed E-state index contributed by atoms with van der Waals surface area (Å²) in [5.41, 5.74) is -1.44. The second-order valence-corrected chi connectivity index (χ2v) is 4.88. The number of aliphatic hydroxyl groups is 5. The number of aliphatic hydroxyl groups excluding tert-OH is 5. The predicted molar refractivity (Wildman–Crippen MR) is 79.4 cm³/mol. The lowest BCUT2D eigenvalue weighted by atomic mass is 10.0. The second-order valence-electron chi connectivity index (χ2n) is 4.88. The van der Waals surface area contributed by atoms with Crippen LogP contribution in [0.1, 0.15) is 0 Å². The molecule has 0 amide bonds. The molecule has 0 aliphatic rings. The van der Waals surface area contributed by atoms with E-state index in [1.54, 1.807) is 0 Å². The number of nitro benzene ring substituents is 2. The molecule has 12 nitrogen and oxygen atoms in total. The monoisotopic (exact) mass is 347 g/mol. The molecule has 12 heteroatoms. The zero-order valence-electron chi connectivity index (χ0n) is 12.2. The molecule has 24 heavy (non-hydrogen) atoms. The Hall–Kier alpha value is -2.38. The van der Waals surface area contributed by atoms with Gasteiger partial charge < -0.3 is 30.8 Å². The first-order chi connectivity index (χ1) is 11.2. The highest BCUT2D eigenvalue weighted by atomic mass is 16.6. The van der Waals surface area contributed by atoms with E-state index in [1.165, 1.54) is 0 Å². The van der Waals surface area contributed by atoms with Crippen molar-refractivity contribution in [1.29, 1.82) is 0 Å². The quantitative estimate of drug-likeness (QED) is 0.222. The molecule has 0 saturated heterocycles. The molecule has 0 aromatic heterocycles. The van der Waals surface area contributed by atoms with Crippen LogP contribution in [0.15, 0.2) is 18.2 Å². The van der Waals surface area contributed by atoms with Gasteiger partial charge in [-0.2, -0.15) is 0 Å². The maximum Gasteiger partial charge on any atom is 0.299 e. The minimum Gasteiger partial charge on any atom is -0.394 e. The Morgan fingerprint density at radius 2 is 1.62 bits per heavy atom. The number of anilines is 1. The van der Waals surface area contributed by atoms with Gasteiger partial charge in [0.25, 0.3) is 11.4 Å². The van der Waals surface area contributed by atoms with Gasteiger partial charge in [0, 0.05) is 6.07 Å². The fourth-order valence-corrected chi connectivity index (χ4v) is 1.92. The first-order valence-electron chi connectivity index (χ1n) is 6.68. The molecule has 0 bridgehead atoms. The molecular weight excluding hydrogens is 330 g/mol. The van der Waals surface area contributed by atoms with E-state index in [0.717, 1.165) is 12.1 Å². The van der Waals surface area contributed by atoms with Gasteiger partial charge in [0.2, 0.25) is 0 Å². The summed E-state index contributed by atoms with van der Waals surface area (Å²) in [5, 5.41) is 70.9. The summed E-state index contributed by atoms with van der Waals surface area (Å²) in [6.07, 6.45) is -5.31. The number of benzene rings is 1. The van der Waals surface area contributed by atoms with Gasteiger partial charge in [-0.25, -0.2) is 0 Å². The van der Waals surface area contributed by atoms with E-state index in [-0.39, 0.29) is 5.69 Å². The van der Waals surface area contributed by atoms with Crippen LogP contribution in [0.3, 0.4) is 0 Å². The summed E-state index contributed by atoms with van der Waals surface area (Å²) < 4.78 is 0. The maximum absolute atomic E-state index is 11.0. The second kappa shape index (κ2) is 8.47. The fraction of sp³-hybridized carbons (Fsp3) is 0.500. The van der Waals surface area contributed by atoms with E-state index in [4.69, 9.17) is 5.11 Å².